The van der Waals surface area contributed by atoms with E-state index in [2.05, 4.69) is 27.0 Å². The smallest absolute Gasteiger partial charge is 0.323 e. The molecular weight excluding hydrogens is 576 g/mol. The summed E-state index contributed by atoms with van der Waals surface area (Å²) in [5, 5.41) is 9.28. The third-order valence-electron chi connectivity index (χ3n) is 8.67. The highest BCUT2D eigenvalue weighted by atomic mass is 35.5. The predicted molar refractivity (Wildman–Crippen MR) is 176 cm³/mol. The molecule has 5 N–H and O–H groups in total. The Labute approximate surface area is 263 Å². The van der Waals surface area contributed by atoms with Crippen LogP contribution >= 0.6 is 11.6 Å². The third kappa shape index (κ3) is 8.56. The largest absolute Gasteiger partial charge is 0.366 e. The molecule has 44 heavy (non-hydrogen) atoms. The Kier molecular flexibility index (Phi) is 10.8. The standard InChI is InChI=1S/C34H41ClN6O3/c35-24-11-13-25(14-12-24)40-34(44)41-30-17-10-23-20-22(9-16-27(23)32(30)33(36)43)6-2-1-5-19-37-31(42)18-15-26-21-38-28-7-3-4-8-29(28)39-26/h3-4,7-8,11-14,21-22,28-29H,1-2,5-6,9-10,15-20H2,(H2,36,43)(H,37,42)(H2,40,41,44). The summed E-state index contributed by atoms with van der Waals surface area (Å²) in [7, 11) is 0. The van der Waals surface area contributed by atoms with Gasteiger partial charge in [-0.1, -0.05) is 60.7 Å². The van der Waals surface area contributed by atoms with E-state index in [4.69, 9.17) is 22.3 Å². The number of nitrogens with one attached hydrogen (secondary N) is 3. The normalized spacial score (nSPS) is 22.2. The van der Waals surface area contributed by atoms with Gasteiger partial charge in [-0.15, -0.1) is 0 Å². The van der Waals surface area contributed by atoms with Crippen molar-refractivity contribution in [3.8, 4) is 0 Å². The van der Waals surface area contributed by atoms with Crippen LogP contribution in [0.25, 0.3) is 0 Å². The van der Waals surface area contributed by atoms with Gasteiger partial charge < -0.3 is 21.7 Å². The van der Waals surface area contributed by atoms with Gasteiger partial charge in [0.15, 0.2) is 0 Å². The molecule has 5 rings (SSSR count). The molecule has 232 valence electrons. The molecule has 0 spiro atoms. The molecule has 0 saturated carbocycles. The van der Waals surface area contributed by atoms with Crippen LogP contribution in [0.4, 0.5) is 10.5 Å². The number of hydrogen-bond acceptors (Lipinski definition) is 5. The van der Waals surface area contributed by atoms with Gasteiger partial charge in [0.05, 0.1) is 23.4 Å². The zero-order valence-corrected chi connectivity index (χ0v) is 25.7. The van der Waals surface area contributed by atoms with E-state index in [-0.39, 0.29) is 18.0 Å². The lowest BCUT2D eigenvalue weighted by Gasteiger charge is -2.32. The number of fused-ring (bicyclic) bond motifs is 1. The lowest BCUT2D eigenvalue weighted by Crippen LogP contribution is -2.34. The van der Waals surface area contributed by atoms with Crippen molar-refractivity contribution < 1.29 is 14.4 Å². The first-order chi connectivity index (χ1) is 21.4. The molecule has 1 aromatic rings. The minimum atomic E-state index is -0.494. The van der Waals surface area contributed by atoms with Crippen molar-refractivity contribution in [1.29, 1.82) is 0 Å². The van der Waals surface area contributed by atoms with Gasteiger partial charge in [-0.3, -0.25) is 19.6 Å². The van der Waals surface area contributed by atoms with Gasteiger partial charge in [-0.2, -0.15) is 0 Å². The second kappa shape index (κ2) is 15.1. The SMILES string of the molecule is NC(=O)C1=C(NC(=O)Nc2ccc(Cl)cc2)CCC2=C1CCC(CCCCCNC(=O)CCC1=NC3C=CC=CC3N=C1)C2. The van der Waals surface area contributed by atoms with E-state index < -0.39 is 11.9 Å². The van der Waals surface area contributed by atoms with E-state index in [1.807, 2.05) is 18.2 Å². The Morgan fingerprint density at radius 1 is 0.955 bits per heavy atom. The Balaban J connectivity index is 1.00. The Hall–Kier alpha value is -3.98. The molecule has 0 aromatic heterocycles. The maximum atomic E-state index is 12.6. The van der Waals surface area contributed by atoms with Gasteiger partial charge in [-0.05, 0) is 80.7 Å². The first-order valence-corrected chi connectivity index (χ1v) is 16.0. The summed E-state index contributed by atoms with van der Waals surface area (Å²) in [5.41, 5.74) is 10.7. The van der Waals surface area contributed by atoms with E-state index >= 15 is 0 Å². The molecule has 0 radical (unpaired) electrons. The fraction of sp³-hybridized carbons (Fsp3) is 0.441. The van der Waals surface area contributed by atoms with Crippen molar-refractivity contribution >= 4 is 47.1 Å². The Morgan fingerprint density at radius 2 is 1.75 bits per heavy atom. The monoisotopic (exact) mass is 616 g/mol. The van der Waals surface area contributed by atoms with Crippen molar-refractivity contribution in [2.75, 3.05) is 11.9 Å². The van der Waals surface area contributed by atoms with Crippen LogP contribution in [0.1, 0.15) is 70.6 Å². The molecule has 3 unspecified atom stereocenters. The number of hydrogen-bond donors (Lipinski definition) is 4. The second-order valence-electron chi connectivity index (χ2n) is 11.8. The summed E-state index contributed by atoms with van der Waals surface area (Å²) in [5.74, 6) is 0.139. The van der Waals surface area contributed by atoms with Gasteiger partial charge in [-0.25, -0.2) is 4.79 Å². The predicted octanol–water partition coefficient (Wildman–Crippen LogP) is 5.94. The van der Waals surface area contributed by atoms with Gasteiger partial charge >= 0.3 is 6.03 Å². The molecule has 1 heterocycles. The molecular formula is C34H41ClN6O3. The number of aliphatic imine (C=N–C) groups is 2. The number of carbonyl (C=O) groups excluding carboxylic acids is 3. The average molecular weight is 617 g/mol. The first-order valence-electron chi connectivity index (χ1n) is 15.6. The number of nitrogens with zero attached hydrogens (tertiary/aromatic N) is 2. The van der Waals surface area contributed by atoms with Crippen LogP contribution in [-0.4, -0.2) is 48.4 Å². The van der Waals surface area contributed by atoms with Crippen LogP contribution in [0.15, 0.2) is 81.0 Å². The molecule has 3 aliphatic carbocycles. The summed E-state index contributed by atoms with van der Waals surface area (Å²) < 4.78 is 0. The Bertz CT molecular complexity index is 1440. The minimum absolute atomic E-state index is 0.0565. The summed E-state index contributed by atoms with van der Waals surface area (Å²) in [6, 6.07) is 6.58. The molecule has 1 aromatic carbocycles. The van der Waals surface area contributed by atoms with Gasteiger partial charge in [0.25, 0.3) is 5.91 Å². The highest BCUT2D eigenvalue weighted by Crippen LogP contribution is 2.42. The number of carbonyl (C=O) groups is 3. The number of rotatable bonds is 12. The highest BCUT2D eigenvalue weighted by Gasteiger charge is 2.30. The third-order valence-corrected chi connectivity index (χ3v) is 8.92. The molecule has 9 nitrogen and oxygen atoms in total. The van der Waals surface area contributed by atoms with Crippen molar-refractivity contribution in [3.63, 3.8) is 0 Å². The molecule has 1 aliphatic heterocycles. The first kappa shape index (κ1) is 31.4. The van der Waals surface area contributed by atoms with E-state index in [1.54, 1.807) is 30.5 Å². The fourth-order valence-electron chi connectivity index (χ4n) is 6.40. The van der Waals surface area contributed by atoms with E-state index in [0.29, 0.717) is 53.7 Å². The highest BCUT2D eigenvalue weighted by molar-refractivity contribution is 6.31. The van der Waals surface area contributed by atoms with Crippen molar-refractivity contribution in [2.45, 2.75) is 82.7 Å². The number of primary amides is 1. The van der Waals surface area contributed by atoms with Crippen LogP contribution in [0, 0.1) is 5.92 Å². The van der Waals surface area contributed by atoms with Crippen molar-refractivity contribution in [2.24, 2.45) is 21.6 Å². The van der Waals surface area contributed by atoms with Crippen LogP contribution in [0.5, 0.6) is 0 Å². The van der Waals surface area contributed by atoms with Crippen LogP contribution in [-0.2, 0) is 9.59 Å². The van der Waals surface area contributed by atoms with E-state index in [0.717, 1.165) is 62.7 Å². The number of halogens is 1. The number of unbranched alkanes of at least 4 members (excludes halogenated alkanes) is 2. The second-order valence-corrected chi connectivity index (χ2v) is 12.3. The summed E-state index contributed by atoms with van der Waals surface area (Å²) in [6.45, 7) is 0.686. The van der Waals surface area contributed by atoms with Crippen LogP contribution in [0.3, 0.4) is 0 Å². The maximum Gasteiger partial charge on any atom is 0.323 e. The van der Waals surface area contributed by atoms with Gasteiger partial charge in [0, 0.05) is 35.6 Å². The molecule has 0 bridgehead atoms. The molecule has 3 atom stereocenters. The topological polar surface area (TPSA) is 138 Å². The van der Waals surface area contributed by atoms with Crippen molar-refractivity contribution in [1.82, 2.24) is 10.6 Å². The fourth-order valence-corrected chi connectivity index (χ4v) is 6.52. The lowest BCUT2D eigenvalue weighted by molar-refractivity contribution is -0.121. The zero-order valence-electron chi connectivity index (χ0n) is 25.0. The van der Waals surface area contributed by atoms with Gasteiger partial charge in [0.2, 0.25) is 5.91 Å². The Morgan fingerprint density at radius 3 is 2.55 bits per heavy atom. The molecule has 0 fully saturated rings. The average Bonchev–Trinajstić information content (AvgIpc) is 3.02. The number of allylic oxidation sites excluding steroid dienone is 4. The number of urea groups is 1. The molecule has 0 saturated heterocycles. The van der Waals surface area contributed by atoms with E-state index in [9.17, 15) is 14.4 Å². The number of anilines is 1. The summed E-state index contributed by atoms with van der Waals surface area (Å²) in [4.78, 5) is 46.7. The number of benzene rings is 1. The van der Waals surface area contributed by atoms with Crippen LogP contribution in [0.2, 0.25) is 5.02 Å². The number of amides is 4. The van der Waals surface area contributed by atoms with Crippen LogP contribution < -0.4 is 21.7 Å². The summed E-state index contributed by atoms with van der Waals surface area (Å²) in [6.07, 6.45) is 19.3. The molecule has 4 aliphatic rings. The van der Waals surface area contributed by atoms with Crippen molar-refractivity contribution in [3.05, 3.63) is 76.0 Å². The summed E-state index contributed by atoms with van der Waals surface area (Å²) >= 11 is 5.92. The molecule has 4 amide bonds. The van der Waals surface area contributed by atoms with Gasteiger partial charge in [0.1, 0.15) is 0 Å². The number of nitrogens with two attached hydrogens (primary N) is 1. The lowest BCUT2D eigenvalue weighted by atomic mass is 9.74. The zero-order chi connectivity index (χ0) is 30.9. The quantitative estimate of drug-likeness (QED) is 0.216. The minimum Gasteiger partial charge on any atom is -0.366 e. The maximum absolute atomic E-state index is 12.6. The molecule has 10 heteroatoms. The van der Waals surface area contributed by atoms with E-state index in [1.165, 1.54) is 5.57 Å².